The molecular formula is C41H24ClN3O. The van der Waals surface area contributed by atoms with Crippen LogP contribution in [0.25, 0.3) is 88.8 Å². The summed E-state index contributed by atoms with van der Waals surface area (Å²) in [5, 5.41) is 7.11. The van der Waals surface area contributed by atoms with Crippen LogP contribution < -0.4 is 0 Å². The van der Waals surface area contributed by atoms with Crippen molar-refractivity contribution in [1.29, 1.82) is 0 Å². The first kappa shape index (κ1) is 26.6. The van der Waals surface area contributed by atoms with Crippen LogP contribution in [0.5, 0.6) is 0 Å². The summed E-state index contributed by atoms with van der Waals surface area (Å²) in [4.78, 5) is 15.3. The van der Waals surface area contributed by atoms with Gasteiger partial charge in [0, 0.05) is 27.5 Å². The molecule has 4 nitrogen and oxygen atoms in total. The topological polar surface area (TPSA) is 51.8 Å². The van der Waals surface area contributed by atoms with Gasteiger partial charge in [0.1, 0.15) is 5.58 Å². The standard InChI is InChI=1S/C41H24ClN3O/c42-35-16-6-14-33-37-34(15-7-17-36(37)46-38(33)35)41-44-39(43-40(45-41)32-21-19-26-9-2-4-11-28(26)23-32)31-13-5-12-29(24-31)30-20-18-25-8-1-3-10-27(25)22-30/h1-24H. The summed E-state index contributed by atoms with van der Waals surface area (Å²) in [6, 6.07) is 49.8. The third-order valence-corrected chi connectivity index (χ3v) is 8.86. The summed E-state index contributed by atoms with van der Waals surface area (Å²) >= 11 is 6.55. The minimum Gasteiger partial charge on any atom is -0.454 e. The lowest BCUT2D eigenvalue weighted by molar-refractivity contribution is 0.669. The monoisotopic (exact) mass is 609 g/mol. The van der Waals surface area contributed by atoms with Crippen LogP contribution in [0, 0.1) is 0 Å². The highest BCUT2D eigenvalue weighted by Gasteiger charge is 2.19. The summed E-state index contributed by atoms with van der Waals surface area (Å²) in [6.07, 6.45) is 0. The van der Waals surface area contributed by atoms with E-state index < -0.39 is 0 Å². The van der Waals surface area contributed by atoms with Crippen LogP contribution in [0.15, 0.2) is 150 Å². The number of hydrogen-bond donors (Lipinski definition) is 0. The second kappa shape index (κ2) is 10.7. The highest BCUT2D eigenvalue weighted by Crippen LogP contribution is 2.39. The molecule has 0 saturated heterocycles. The second-order valence-corrected chi connectivity index (χ2v) is 11.8. The lowest BCUT2D eigenvalue weighted by atomic mass is 9.99. The van der Waals surface area contributed by atoms with E-state index in [-0.39, 0.29) is 0 Å². The van der Waals surface area contributed by atoms with Gasteiger partial charge >= 0.3 is 0 Å². The van der Waals surface area contributed by atoms with Crippen molar-refractivity contribution in [3.63, 3.8) is 0 Å². The van der Waals surface area contributed by atoms with E-state index in [9.17, 15) is 0 Å². The Balaban J connectivity index is 1.26. The molecule has 0 amide bonds. The Kier molecular flexibility index (Phi) is 6.15. The molecule has 0 spiro atoms. The predicted octanol–water partition coefficient (Wildman–Crippen LogP) is 11.4. The number of hydrogen-bond acceptors (Lipinski definition) is 4. The predicted molar refractivity (Wildman–Crippen MR) is 189 cm³/mol. The molecule has 0 radical (unpaired) electrons. The Bertz CT molecular complexity index is 2620. The van der Waals surface area contributed by atoms with E-state index in [0.717, 1.165) is 54.9 Å². The Labute approximate surface area is 269 Å². The SMILES string of the molecule is Clc1cccc2c1oc1cccc(-c3nc(-c4cccc(-c5ccc6ccccc6c5)c4)nc(-c4ccc5ccccc5c4)n3)c12. The first-order chi connectivity index (χ1) is 22.7. The van der Waals surface area contributed by atoms with Gasteiger partial charge in [0.15, 0.2) is 23.1 Å². The smallest absolute Gasteiger partial charge is 0.164 e. The number of para-hydroxylation sites is 1. The van der Waals surface area contributed by atoms with E-state index in [1.54, 1.807) is 0 Å². The largest absolute Gasteiger partial charge is 0.454 e. The number of rotatable bonds is 4. The molecular weight excluding hydrogens is 586 g/mol. The molecule has 0 fully saturated rings. The van der Waals surface area contributed by atoms with Gasteiger partial charge < -0.3 is 4.42 Å². The first-order valence-electron chi connectivity index (χ1n) is 15.1. The van der Waals surface area contributed by atoms with Gasteiger partial charge in [0.2, 0.25) is 0 Å². The summed E-state index contributed by atoms with van der Waals surface area (Å²) in [6.45, 7) is 0. The van der Waals surface area contributed by atoms with Crippen LogP contribution in [0.1, 0.15) is 0 Å². The van der Waals surface area contributed by atoms with Gasteiger partial charge in [-0.3, -0.25) is 0 Å². The van der Waals surface area contributed by atoms with Gasteiger partial charge in [-0.1, -0.05) is 127 Å². The third-order valence-electron chi connectivity index (χ3n) is 8.56. The van der Waals surface area contributed by atoms with Gasteiger partial charge in [-0.2, -0.15) is 0 Å². The zero-order valence-corrected chi connectivity index (χ0v) is 25.2. The molecule has 9 aromatic rings. The van der Waals surface area contributed by atoms with Gasteiger partial charge in [0.05, 0.1) is 5.02 Å². The molecule has 0 bridgehead atoms. The minimum absolute atomic E-state index is 0.567. The Morgan fingerprint density at radius 2 is 1.00 bits per heavy atom. The molecule has 0 aliphatic heterocycles. The molecule has 0 saturated carbocycles. The second-order valence-electron chi connectivity index (χ2n) is 11.4. The molecule has 2 aromatic heterocycles. The number of nitrogens with zero attached hydrogens (tertiary/aromatic N) is 3. The number of benzene rings is 7. The zero-order valence-electron chi connectivity index (χ0n) is 24.5. The molecule has 2 heterocycles. The van der Waals surface area contributed by atoms with Crippen LogP contribution in [0.2, 0.25) is 5.02 Å². The lowest BCUT2D eigenvalue weighted by Crippen LogP contribution is -2.00. The fourth-order valence-corrected chi connectivity index (χ4v) is 6.50. The first-order valence-corrected chi connectivity index (χ1v) is 15.5. The van der Waals surface area contributed by atoms with Crippen molar-refractivity contribution in [2.75, 3.05) is 0 Å². The molecule has 0 N–H and O–H groups in total. The molecule has 5 heteroatoms. The summed E-state index contributed by atoms with van der Waals surface area (Å²) in [7, 11) is 0. The van der Waals surface area contributed by atoms with E-state index in [4.69, 9.17) is 31.0 Å². The number of halogens is 1. The molecule has 216 valence electrons. The minimum atomic E-state index is 0.567. The molecule has 0 aliphatic carbocycles. The highest BCUT2D eigenvalue weighted by molar-refractivity contribution is 6.36. The average Bonchev–Trinajstić information content (AvgIpc) is 3.51. The van der Waals surface area contributed by atoms with Gasteiger partial charge in [0.25, 0.3) is 0 Å². The molecule has 7 aromatic carbocycles. The van der Waals surface area contributed by atoms with E-state index >= 15 is 0 Å². The number of furan rings is 1. The van der Waals surface area contributed by atoms with Gasteiger partial charge in [-0.05, 0) is 63.0 Å². The van der Waals surface area contributed by atoms with Crippen molar-refractivity contribution in [2.24, 2.45) is 0 Å². The number of aromatic nitrogens is 3. The van der Waals surface area contributed by atoms with E-state index in [1.165, 1.54) is 10.8 Å². The molecule has 0 atom stereocenters. The van der Waals surface area contributed by atoms with Gasteiger partial charge in [-0.15, -0.1) is 0 Å². The van der Waals surface area contributed by atoms with Crippen molar-refractivity contribution in [3.05, 3.63) is 151 Å². The fourth-order valence-electron chi connectivity index (χ4n) is 6.29. The molecule has 0 unspecified atom stereocenters. The van der Waals surface area contributed by atoms with Gasteiger partial charge in [-0.25, -0.2) is 15.0 Å². The Hall–Kier alpha value is -5.84. The molecule has 9 rings (SSSR count). The summed E-state index contributed by atoms with van der Waals surface area (Å²) in [5.41, 5.74) is 6.29. The number of fused-ring (bicyclic) bond motifs is 5. The van der Waals surface area contributed by atoms with Crippen molar-refractivity contribution >= 4 is 55.1 Å². The summed E-state index contributed by atoms with van der Waals surface area (Å²) < 4.78 is 6.22. The van der Waals surface area contributed by atoms with E-state index in [0.29, 0.717) is 28.1 Å². The maximum atomic E-state index is 6.55. The lowest BCUT2D eigenvalue weighted by Gasteiger charge is -2.11. The maximum absolute atomic E-state index is 6.55. The zero-order chi connectivity index (χ0) is 30.6. The highest BCUT2D eigenvalue weighted by atomic mass is 35.5. The van der Waals surface area contributed by atoms with E-state index in [2.05, 4.69) is 97.1 Å². The maximum Gasteiger partial charge on any atom is 0.164 e. The fraction of sp³-hybridized carbons (Fsp3) is 0. The van der Waals surface area contributed by atoms with Crippen LogP contribution in [-0.4, -0.2) is 15.0 Å². The Morgan fingerprint density at radius 1 is 0.435 bits per heavy atom. The van der Waals surface area contributed by atoms with E-state index in [1.807, 2.05) is 48.5 Å². The van der Waals surface area contributed by atoms with Crippen molar-refractivity contribution < 1.29 is 4.42 Å². The van der Waals surface area contributed by atoms with Crippen LogP contribution in [0.3, 0.4) is 0 Å². The van der Waals surface area contributed by atoms with Crippen LogP contribution >= 0.6 is 11.6 Å². The molecule has 46 heavy (non-hydrogen) atoms. The summed E-state index contributed by atoms with van der Waals surface area (Å²) in [5.74, 6) is 1.76. The van der Waals surface area contributed by atoms with Crippen LogP contribution in [-0.2, 0) is 0 Å². The van der Waals surface area contributed by atoms with Crippen LogP contribution in [0.4, 0.5) is 0 Å². The third kappa shape index (κ3) is 4.50. The van der Waals surface area contributed by atoms with Crippen molar-refractivity contribution in [3.8, 4) is 45.3 Å². The molecule has 0 aliphatic rings. The normalized spacial score (nSPS) is 11.6. The van der Waals surface area contributed by atoms with Crippen molar-refractivity contribution in [1.82, 2.24) is 15.0 Å². The van der Waals surface area contributed by atoms with Crippen molar-refractivity contribution in [2.45, 2.75) is 0 Å². The quantitative estimate of drug-likeness (QED) is 0.199. The average molecular weight is 610 g/mol. The Morgan fingerprint density at radius 3 is 1.76 bits per heavy atom.